The van der Waals surface area contributed by atoms with Gasteiger partial charge in [-0.3, -0.25) is 4.79 Å². The number of hydrogen-bond acceptors (Lipinski definition) is 8. The molecule has 10 nitrogen and oxygen atoms in total. The molecule has 32 heavy (non-hydrogen) atoms. The molecule has 0 bridgehead atoms. The minimum Gasteiger partial charge on any atom is -0.383 e. The number of rotatable bonds is 3. The van der Waals surface area contributed by atoms with Crippen LogP contribution in [0.25, 0.3) is 22.3 Å². The van der Waals surface area contributed by atoms with Crippen LogP contribution in [0, 0.1) is 11.5 Å². The third-order valence-electron chi connectivity index (χ3n) is 6.11. The molecule has 10 heteroatoms. The number of fused-ring (bicyclic) bond motifs is 1. The number of benzene rings is 1. The standard InChI is InChI=1S/C22H24N8O2/c23-13-28-7-1-2-17(12-28)30-21-18(20(24)25-14-26-21)19(27-30)15-3-5-16(6-4-15)22(31)29-8-10-32-11-9-29/h3-6,14,17H,1-2,7-12H2,(H2,24,25,26)/t17-/m1/s1. The van der Waals surface area contributed by atoms with Gasteiger partial charge >= 0.3 is 0 Å². The Kier molecular flexibility index (Phi) is 5.33. The molecule has 4 heterocycles. The zero-order valence-electron chi connectivity index (χ0n) is 17.6. The van der Waals surface area contributed by atoms with Gasteiger partial charge in [-0.15, -0.1) is 0 Å². The van der Waals surface area contributed by atoms with Crippen molar-refractivity contribution in [2.75, 3.05) is 45.1 Å². The molecule has 164 valence electrons. The van der Waals surface area contributed by atoms with Crippen LogP contribution >= 0.6 is 0 Å². The second-order valence-electron chi connectivity index (χ2n) is 8.07. The maximum absolute atomic E-state index is 12.8. The predicted molar refractivity (Wildman–Crippen MR) is 117 cm³/mol. The summed E-state index contributed by atoms with van der Waals surface area (Å²) in [5.41, 5.74) is 9.02. The van der Waals surface area contributed by atoms with Crippen LogP contribution in [-0.4, -0.2) is 74.8 Å². The number of anilines is 1. The van der Waals surface area contributed by atoms with E-state index in [-0.39, 0.29) is 11.9 Å². The Hall–Kier alpha value is -3.71. The number of nitriles is 1. The van der Waals surface area contributed by atoms with Crippen LogP contribution in [-0.2, 0) is 4.74 Å². The highest BCUT2D eigenvalue weighted by Gasteiger charge is 2.26. The number of nitrogens with zero attached hydrogens (tertiary/aromatic N) is 7. The lowest BCUT2D eigenvalue weighted by Crippen LogP contribution is -2.40. The van der Waals surface area contributed by atoms with Crippen LogP contribution in [0.2, 0.25) is 0 Å². The molecule has 1 atom stereocenters. The minimum absolute atomic E-state index is 0.00288. The van der Waals surface area contributed by atoms with Gasteiger partial charge in [-0.1, -0.05) is 12.1 Å². The first kappa shape index (κ1) is 20.2. The second-order valence-corrected chi connectivity index (χ2v) is 8.07. The smallest absolute Gasteiger partial charge is 0.254 e. The zero-order valence-corrected chi connectivity index (χ0v) is 17.6. The Morgan fingerprint density at radius 1 is 1.16 bits per heavy atom. The van der Waals surface area contributed by atoms with Crippen molar-refractivity contribution in [2.24, 2.45) is 0 Å². The van der Waals surface area contributed by atoms with E-state index in [1.54, 1.807) is 9.80 Å². The van der Waals surface area contributed by atoms with Gasteiger partial charge < -0.3 is 20.3 Å². The molecule has 2 saturated heterocycles. The second kappa shape index (κ2) is 8.43. The van der Waals surface area contributed by atoms with Gasteiger partial charge in [0.2, 0.25) is 0 Å². The average Bonchev–Trinajstić information content (AvgIpc) is 3.25. The van der Waals surface area contributed by atoms with Crippen LogP contribution in [0.4, 0.5) is 5.82 Å². The molecule has 0 unspecified atom stereocenters. The van der Waals surface area contributed by atoms with Gasteiger partial charge in [0.1, 0.15) is 17.8 Å². The molecule has 0 aliphatic carbocycles. The van der Waals surface area contributed by atoms with Crippen molar-refractivity contribution in [1.29, 1.82) is 5.26 Å². The molecule has 2 aromatic heterocycles. The molecule has 3 aromatic rings. The molecule has 1 aromatic carbocycles. The van der Waals surface area contributed by atoms with Crippen LogP contribution in [0.3, 0.4) is 0 Å². The Morgan fingerprint density at radius 3 is 2.69 bits per heavy atom. The number of nitrogens with two attached hydrogens (primary N) is 1. The third kappa shape index (κ3) is 3.61. The van der Waals surface area contributed by atoms with Crippen LogP contribution in [0.15, 0.2) is 30.6 Å². The van der Waals surface area contributed by atoms with E-state index in [2.05, 4.69) is 16.2 Å². The van der Waals surface area contributed by atoms with Crippen molar-refractivity contribution in [3.63, 3.8) is 0 Å². The van der Waals surface area contributed by atoms with Gasteiger partial charge in [0.05, 0.1) is 31.2 Å². The monoisotopic (exact) mass is 432 g/mol. The summed E-state index contributed by atoms with van der Waals surface area (Å²) in [4.78, 5) is 24.9. The number of ether oxygens (including phenoxy) is 1. The first-order chi connectivity index (χ1) is 15.7. The van der Waals surface area contributed by atoms with E-state index in [0.29, 0.717) is 61.0 Å². The van der Waals surface area contributed by atoms with Gasteiger partial charge in [-0.25, -0.2) is 14.6 Å². The topological polar surface area (TPSA) is 126 Å². The van der Waals surface area contributed by atoms with E-state index in [1.807, 2.05) is 28.9 Å². The maximum Gasteiger partial charge on any atom is 0.254 e. The van der Waals surface area contributed by atoms with Crippen molar-refractivity contribution in [3.05, 3.63) is 36.2 Å². The quantitative estimate of drug-likeness (QED) is 0.619. The fourth-order valence-electron chi connectivity index (χ4n) is 4.42. The highest BCUT2D eigenvalue weighted by Crippen LogP contribution is 2.33. The van der Waals surface area contributed by atoms with E-state index in [1.165, 1.54) is 6.33 Å². The van der Waals surface area contributed by atoms with Gasteiger partial charge in [-0.2, -0.15) is 10.4 Å². The first-order valence-electron chi connectivity index (χ1n) is 10.8. The molecule has 2 aliphatic heterocycles. The average molecular weight is 432 g/mol. The van der Waals surface area contributed by atoms with Gasteiger partial charge in [-0.05, 0) is 25.0 Å². The summed E-state index contributed by atoms with van der Waals surface area (Å²) in [6, 6.07) is 7.42. The Bertz CT molecular complexity index is 1180. The van der Waals surface area contributed by atoms with Crippen LogP contribution < -0.4 is 5.73 Å². The number of carbonyl (C=O) groups excluding carboxylic acids is 1. The number of likely N-dealkylation sites (tertiary alicyclic amines) is 1. The molecule has 2 N–H and O–H groups in total. The maximum atomic E-state index is 12.8. The van der Waals surface area contributed by atoms with E-state index in [4.69, 9.17) is 15.6 Å². The summed E-state index contributed by atoms with van der Waals surface area (Å²) in [5, 5.41) is 14.9. The minimum atomic E-state index is -0.00288. The summed E-state index contributed by atoms with van der Waals surface area (Å²) in [5.74, 6) is 0.356. The Morgan fingerprint density at radius 2 is 1.94 bits per heavy atom. The molecule has 0 saturated carbocycles. The number of hydrogen-bond donors (Lipinski definition) is 1. The van der Waals surface area contributed by atoms with E-state index in [9.17, 15) is 10.1 Å². The number of amides is 1. The summed E-state index contributed by atoms with van der Waals surface area (Å²) < 4.78 is 7.21. The largest absolute Gasteiger partial charge is 0.383 e. The summed E-state index contributed by atoms with van der Waals surface area (Å²) in [6.07, 6.45) is 5.49. The summed E-state index contributed by atoms with van der Waals surface area (Å²) in [6.45, 7) is 3.68. The van der Waals surface area contributed by atoms with Crippen molar-refractivity contribution in [1.82, 2.24) is 29.5 Å². The van der Waals surface area contributed by atoms with Gasteiger partial charge in [0.25, 0.3) is 5.91 Å². The normalized spacial score (nSPS) is 19.2. The number of piperidine rings is 1. The van der Waals surface area contributed by atoms with Crippen molar-refractivity contribution < 1.29 is 9.53 Å². The zero-order chi connectivity index (χ0) is 22.1. The molecule has 5 rings (SSSR count). The number of nitrogen functional groups attached to an aromatic ring is 1. The highest BCUT2D eigenvalue weighted by molar-refractivity contribution is 5.99. The van der Waals surface area contributed by atoms with E-state index in [0.717, 1.165) is 24.9 Å². The van der Waals surface area contributed by atoms with Gasteiger partial charge in [0.15, 0.2) is 11.8 Å². The summed E-state index contributed by atoms with van der Waals surface area (Å²) >= 11 is 0. The molecule has 0 radical (unpaired) electrons. The molecule has 2 aliphatic rings. The fraction of sp³-hybridized carbons (Fsp3) is 0.409. The highest BCUT2D eigenvalue weighted by atomic mass is 16.5. The molecule has 1 amide bonds. The van der Waals surface area contributed by atoms with Gasteiger partial charge in [0, 0.05) is 30.8 Å². The van der Waals surface area contributed by atoms with Crippen molar-refractivity contribution in [2.45, 2.75) is 18.9 Å². The first-order valence-corrected chi connectivity index (χ1v) is 10.8. The number of aromatic nitrogens is 4. The van der Waals surface area contributed by atoms with E-state index >= 15 is 0 Å². The third-order valence-corrected chi connectivity index (χ3v) is 6.11. The molecule has 0 spiro atoms. The fourth-order valence-corrected chi connectivity index (χ4v) is 4.42. The summed E-state index contributed by atoms with van der Waals surface area (Å²) in [7, 11) is 0. The van der Waals surface area contributed by atoms with E-state index < -0.39 is 0 Å². The lowest BCUT2D eigenvalue weighted by atomic mass is 10.1. The predicted octanol–water partition coefficient (Wildman–Crippen LogP) is 1.67. The lowest BCUT2D eigenvalue weighted by Gasteiger charge is -2.28. The molecular weight excluding hydrogens is 408 g/mol. The van der Waals surface area contributed by atoms with Crippen LogP contribution in [0.5, 0.6) is 0 Å². The number of carbonyl (C=O) groups is 1. The van der Waals surface area contributed by atoms with Crippen molar-refractivity contribution in [3.8, 4) is 17.5 Å². The molecule has 2 fully saturated rings. The Labute approximate surface area is 185 Å². The lowest BCUT2D eigenvalue weighted by molar-refractivity contribution is 0.0303. The Balaban J connectivity index is 1.50. The van der Waals surface area contributed by atoms with Crippen molar-refractivity contribution >= 4 is 22.8 Å². The number of morpholine rings is 1. The SMILES string of the molecule is N#CN1CCC[C@@H](n2nc(-c3ccc(C(=O)N4CCOCC4)cc3)c3c(N)ncnc32)C1. The molecular formula is C22H24N8O2. The van der Waals surface area contributed by atoms with Crippen LogP contribution in [0.1, 0.15) is 29.2 Å².